The molecule has 15 heteroatoms. The monoisotopic (exact) mass is 725 g/mol. The zero-order chi connectivity index (χ0) is 36.6. The lowest BCUT2D eigenvalue weighted by atomic mass is 10.0. The molecule has 2 aliphatic carbocycles. The SMILES string of the molecule is COc1ccc2c(O[C@@H]3C[C@H]4C(=O)N[C@]5(C(=O)NS(=O)(=O)C6CC6)C[C@H]5/C=C\CCCCC[C@H](NC(=O)OC(C)(C)C)C(=O)N4C3)nccc2c1. The van der Waals surface area contributed by atoms with E-state index < -0.39 is 74.3 Å². The highest BCUT2D eigenvalue weighted by atomic mass is 32.2. The van der Waals surface area contributed by atoms with Crippen LogP contribution in [-0.4, -0.2) is 90.3 Å². The number of aromatic nitrogens is 1. The van der Waals surface area contributed by atoms with Crippen LogP contribution in [0.5, 0.6) is 11.6 Å². The fraction of sp³-hybridized carbons (Fsp3) is 0.583. The lowest BCUT2D eigenvalue weighted by Gasteiger charge is -2.30. The molecule has 6 rings (SSSR count). The Morgan fingerprint density at radius 3 is 2.59 bits per heavy atom. The van der Waals surface area contributed by atoms with Gasteiger partial charge in [-0.15, -0.1) is 0 Å². The number of sulfonamides is 1. The molecule has 2 aliphatic heterocycles. The van der Waals surface area contributed by atoms with Crippen LogP contribution in [0.25, 0.3) is 10.8 Å². The van der Waals surface area contributed by atoms with Gasteiger partial charge in [-0.2, -0.15) is 0 Å². The highest BCUT2D eigenvalue weighted by Gasteiger charge is 2.62. The van der Waals surface area contributed by atoms with Crippen LogP contribution in [0.4, 0.5) is 4.79 Å². The van der Waals surface area contributed by atoms with Gasteiger partial charge in [0, 0.05) is 23.9 Å². The van der Waals surface area contributed by atoms with E-state index in [2.05, 4.69) is 20.3 Å². The highest BCUT2D eigenvalue weighted by molar-refractivity contribution is 7.91. The first-order valence-corrected chi connectivity index (χ1v) is 19.2. The van der Waals surface area contributed by atoms with E-state index in [1.165, 1.54) is 4.90 Å². The minimum atomic E-state index is -3.88. The van der Waals surface area contributed by atoms with E-state index in [0.29, 0.717) is 49.1 Å². The normalized spacial score (nSPS) is 27.9. The predicted molar refractivity (Wildman–Crippen MR) is 187 cm³/mol. The van der Waals surface area contributed by atoms with Crippen LogP contribution in [-0.2, 0) is 29.1 Å². The molecule has 0 spiro atoms. The third-order valence-electron chi connectivity index (χ3n) is 9.75. The van der Waals surface area contributed by atoms with Crippen LogP contribution in [0.15, 0.2) is 42.6 Å². The first-order chi connectivity index (χ1) is 24.2. The molecule has 0 bridgehead atoms. The molecule has 276 valence electrons. The Bertz CT molecular complexity index is 1820. The second-order valence-electron chi connectivity index (χ2n) is 14.9. The highest BCUT2D eigenvalue weighted by Crippen LogP contribution is 2.46. The Morgan fingerprint density at radius 1 is 1.08 bits per heavy atom. The summed E-state index contributed by atoms with van der Waals surface area (Å²) in [5, 5.41) is 6.51. The third-order valence-corrected chi connectivity index (χ3v) is 11.6. The minimum Gasteiger partial charge on any atom is -0.497 e. The van der Waals surface area contributed by atoms with E-state index in [0.717, 1.165) is 18.2 Å². The van der Waals surface area contributed by atoms with Crippen molar-refractivity contribution < 1.29 is 41.8 Å². The Hall–Kier alpha value is -4.40. The van der Waals surface area contributed by atoms with Gasteiger partial charge in [0.2, 0.25) is 27.7 Å². The topological polar surface area (TPSA) is 182 Å². The van der Waals surface area contributed by atoms with Crippen molar-refractivity contribution in [2.24, 2.45) is 5.92 Å². The van der Waals surface area contributed by atoms with Gasteiger partial charge in [-0.25, -0.2) is 18.2 Å². The van der Waals surface area contributed by atoms with Gasteiger partial charge in [0.25, 0.3) is 5.91 Å². The first kappa shape index (κ1) is 36.4. The molecule has 1 aromatic carbocycles. The number of alkyl carbamates (subject to hydrolysis) is 1. The largest absolute Gasteiger partial charge is 0.497 e. The summed E-state index contributed by atoms with van der Waals surface area (Å²) in [4.78, 5) is 61.1. The van der Waals surface area contributed by atoms with Crippen molar-refractivity contribution in [1.29, 1.82) is 0 Å². The molecule has 2 saturated carbocycles. The van der Waals surface area contributed by atoms with Crippen molar-refractivity contribution >= 4 is 44.6 Å². The second-order valence-corrected chi connectivity index (χ2v) is 16.9. The first-order valence-electron chi connectivity index (χ1n) is 17.6. The van der Waals surface area contributed by atoms with E-state index in [4.69, 9.17) is 14.2 Å². The minimum absolute atomic E-state index is 0.00374. The van der Waals surface area contributed by atoms with Gasteiger partial charge in [-0.3, -0.25) is 19.1 Å². The lowest BCUT2D eigenvalue weighted by Crippen LogP contribution is -2.58. The number of hydrogen-bond donors (Lipinski definition) is 3. The molecular formula is C36H47N5O9S. The average molecular weight is 726 g/mol. The van der Waals surface area contributed by atoms with Crippen molar-refractivity contribution in [1.82, 2.24) is 25.2 Å². The van der Waals surface area contributed by atoms with Crippen molar-refractivity contribution in [3.8, 4) is 11.6 Å². The molecule has 2 aromatic rings. The number of ether oxygens (including phenoxy) is 3. The van der Waals surface area contributed by atoms with Gasteiger partial charge in [0.1, 0.15) is 35.1 Å². The summed E-state index contributed by atoms with van der Waals surface area (Å²) >= 11 is 0. The number of nitrogens with zero attached hydrogens (tertiary/aromatic N) is 2. The number of rotatable bonds is 7. The molecule has 1 saturated heterocycles. The van der Waals surface area contributed by atoms with E-state index in [9.17, 15) is 27.6 Å². The number of pyridine rings is 1. The Kier molecular flexibility index (Phi) is 10.2. The molecule has 3 N–H and O–H groups in total. The Labute approximate surface area is 298 Å². The molecule has 51 heavy (non-hydrogen) atoms. The van der Waals surface area contributed by atoms with Gasteiger partial charge >= 0.3 is 6.09 Å². The lowest BCUT2D eigenvalue weighted by molar-refractivity contribution is -0.141. The van der Waals surface area contributed by atoms with Gasteiger partial charge in [-0.05, 0) is 88.9 Å². The molecule has 1 aromatic heterocycles. The molecule has 14 nitrogen and oxygen atoms in total. The van der Waals surface area contributed by atoms with Crippen molar-refractivity contribution in [2.45, 2.75) is 113 Å². The van der Waals surface area contributed by atoms with E-state index in [1.807, 2.05) is 30.4 Å². The maximum atomic E-state index is 14.4. The van der Waals surface area contributed by atoms with E-state index in [1.54, 1.807) is 40.1 Å². The number of nitrogens with one attached hydrogen (secondary N) is 3. The molecule has 4 aliphatic rings. The van der Waals surface area contributed by atoms with Crippen LogP contribution < -0.4 is 24.8 Å². The predicted octanol–water partition coefficient (Wildman–Crippen LogP) is 3.49. The summed E-state index contributed by atoms with van der Waals surface area (Å²) in [6.45, 7) is 5.18. The van der Waals surface area contributed by atoms with Crippen molar-refractivity contribution in [3.63, 3.8) is 0 Å². The van der Waals surface area contributed by atoms with Gasteiger partial charge in [-0.1, -0.05) is 25.0 Å². The Balaban J connectivity index is 1.30. The Morgan fingerprint density at radius 2 is 1.86 bits per heavy atom. The van der Waals surface area contributed by atoms with E-state index >= 15 is 0 Å². The maximum absolute atomic E-state index is 14.4. The van der Waals surface area contributed by atoms with Gasteiger partial charge in [0.15, 0.2) is 0 Å². The molecule has 3 fully saturated rings. The number of carbonyl (C=O) groups excluding carboxylic acids is 4. The zero-order valence-corrected chi connectivity index (χ0v) is 30.3. The van der Waals surface area contributed by atoms with Crippen LogP contribution in [0, 0.1) is 5.92 Å². The number of allylic oxidation sites excluding steroid dienone is 1. The second kappa shape index (κ2) is 14.3. The summed E-state index contributed by atoms with van der Waals surface area (Å²) in [6, 6.07) is 5.19. The third kappa shape index (κ3) is 8.40. The summed E-state index contributed by atoms with van der Waals surface area (Å²) in [6.07, 6.45) is 8.41. The molecule has 3 heterocycles. The smallest absolute Gasteiger partial charge is 0.408 e. The van der Waals surface area contributed by atoms with Crippen molar-refractivity contribution in [3.05, 3.63) is 42.6 Å². The molecular weight excluding hydrogens is 678 g/mol. The van der Waals surface area contributed by atoms with Gasteiger partial charge in [0.05, 0.1) is 18.9 Å². The van der Waals surface area contributed by atoms with Crippen LogP contribution in [0.2, 0.25) is 0 Å². The summed E-state index contributed by atoms with van der Waals surface area (Å²) in [5.41, 5.74) is -2.29. The average Bonchev–Trinajstić information content (AvgIpc) is 3.99. The summed E-state index contributed by atoms with van der Waals surface area (Å²) in [5.74, 6) is -1.34. The number of fused-ring (bicyclic) bond motifs is 3. The number of carbonyl (C=O) groups is 4. The summed E-state index contributed by atoms with van der Waals surface area (Å²) < 4.78 is 45.0. The van der Waals surface area contributed by atoms with Crippen LogP contribution >= 0.6 is 0 Å². The number of amides is 4. The zero-order valence-electron chi connectivity index (χ0n) is 29.5. The molecule has 4 amide bonds. The van der Waals surface area contributed by atoms with E-state index in [-0.39, 0.29) is 19.4 Å². The molecule has 0 radical (unpaired) electrons. The fourth-order valence-corrected chi connectivity index (χ4v) is 8.17. The molecule has 5 atom stereocenters. The number of hydrogen-bond acceptors (Lipinski definition) is 10. The quantitative estimate of drug-likeness (QED) is 0.358. The molecule has 0 unspecified atom stereocenters. The number of benzene rings is 1. The maximum Gasteiger partial charge on any atom is 0.408 e. The summed E-state index contributed by atoms with van der Waals surface area (Å²) in [7, 11) is -2.31. The number of methoxy groups -OCH3 is 1. The van der Waals surface area contributed by atoms with Gasteiger partial charge < -0.3 is 29.7 Å². The van der Waals surface area contributed by atoms with Crippen LogP contribution in [0.1, 0.15) is 78.6 Å². The standard InChI is InChI=1S/C36H47N5O9S/c1-35(2,3)50-34(45)38-28-11-9-7-5-6-8-10-23-20-36(23,33(44)40-51(46,47)26-13-14-26)39-30(42)29-19-25(21-41(29)32(28)43)49-31-27-15-12-24(48-4)18-22(27)16-17-37-31/h8,10,12,15-18,23,25-26,28-29H,5-7,9,11,13-14,19-21H2,1-4H3,(H,38,45)(H,39,42)(H,40,44)/b10-8-/t23-,25-,28+,29+,36-/m1/s1. The van der Waals surface area contributed by atoms with Crippen molar-refractivity contribution in [2.75, 3.05) is 13.7 Å². The fourth-order valence-electron chi connectivity index (χ4n) is 6.80. The van der Waals surface area contributed by atoms with Crippen LogP contribution in [0.3, 0.4) is 0 Å².